The average Bonchev–Trinajstić information content (AvgIpc) is 2.95. The molecule has 1 aliphatic rings. The first-order chi connectivity index (χ1) is 14.2. The van der Waals surface area contributed by atoms with Crippen molar-refractivity contribution >= 4 is 0 Å². The number of hydrogen-bond donors (Lipinski definition) is 1. The van der Waals surface area contributed by atoms with Gasteiger partial charge in [-0.25, -0.2) is 0 Å². The molecule has 2 unspecified atom stereocenters. The molecule has 0 amide bonds. The van der Waals surface area contributed by atoms with E-state index in [1.165, 1.54) is 0 Å². The van der Waals surface area contributed by atoms with Crippen molar-refractivity contribution in [3.8, 4) is 22.6 Å². The van der Waals surface area contributed by atoms with Gasteiger partial charge in [-0.3, -0.25) is 0 Å². The molecule has 0 aliphatic heterocycles. The lowest BCUT2D eigenvalue weighted by molar-refractivity contribution is 0.219. The Labute approximate surface area is 181 Å². The summed E-state index contributed by atoms with van der Waals surface area (Å²) in [6.07, 6.45) is -0.599. The van der Waals surface area contributed by atoms with Crippen LogP contribution in [0.4, 0.5) is 0 Å². The van der Waals surface area contributed by atoms with E-state index >= 15 is 0 Å². The molecule has 2 aromatic carbocycles. The zero-order valence-corrected chi connectivity index (χ0v) is 19.2. The summed E-state index contributed by atoms with van der Waals surface area (Å²) in [5, 5.41) is 10.8. The van der Waals surface area contributed by atoms with Gasteiger partial charge in [0, 0.05) is 24.9 Å². The molecule has 5 heteroatoms. The number of rotatable bonds is 10. The Hall–Kier alpha value is -2.08. The van der Waals surface area contributed by atoms with Crippen LogP contribution in [0.25, 0.3) is 11.1 Å². The Morgan fingerprint density at radius 1 is 0.767 bits per heavy atom. The van der Waals surface area contributed by atoms with E-state index in [-0.39, 0.29) is 0 Å². The summed E-state index contributed by atoms with van der Waals surface area (Å²) in [5.41, 5.74) is 3.91. The maximum Gasteiger partial charge on any atom is 0.119 e. The second-order valence-corrected chi connectivity index (χ2v) is 9.26. The van der Waals surface area contributed by atoms with Crippen LogP contribution >= 0.6 is 0 Å². The van der Waals surface area contributed by atoms with Gasteiger partial charge in [-0.2, -0.15) is 0 Å². The highest BCUT2D eigenvalue weighted by molar-refractivity contribution is 5.80. The number of aliphatic hydroxyl groups excluding tert-OH is 1. The normalized spacial score (nSPS) is 17.0. The molecule has 0 fully saturated rings. The molecule has 5 nitrogen and oxygen atoms in total. The van der Waals surface area contributed by atoms with Crippen LogP contribution in [0.2, 0.25) is 0 Å². The molecular formula is C25H36N2O3. The maximum atomic E-state index is 10.8. The van der Waals surface area contributed by atoms with Crippen LogP contribution in [0.3, 0.4) is 0 Å². The standard InChI is InChI=1S/C25H36N2O3/c1-17(13-26(3)4)15-29-19-7-9-21-23(11-19)24-12-20(8-10-22(24)25(21)28)30-16-18(2)14-27(5)6/h7-12,17-18,25,28H,13-16H2,1-6H3. The number of nitrogens with zero attached hydrogens (tertiary/aromatic N) is 2. The van der Waals surface area contributed by atoms with E-state index in [0.717, 1.165) is 46.8 Å². The lowest BCUT2D eigenvalue weighted by atomic mass is 10.1. The Morgan fingerprint density at radius 3 is 1.53 bits per heavy atom. The maximum absolute atomic E-state index is 10.8. The lowest BCUT2D eigenvalue weighted by Crippen LogP contribution is -2.24. The molecular weight excluding hydrogens is 376 g/mol. The molecule has 0 spiro atoms. The minimum absolute atomic E-state index is 0.440. The first-order valence-electron chi connectivity index (χ1n) is 10.8. The zero-order valence-electron chi connectivity index (χ0n) is 19.2. The van der Waals surface area contributed by atoms with Gasteiger partial charge in [-0.1, -0.05) is 26.0 Å². The van der Waals surface area contributed by atoms with Crippen LogP contribution in [0, 0.1) is 11.8 Å². The van der Waals surface area contributed by atoms with Crippen LogP contribution in [-0.2, 0) is 0 Å². The van der Waals surface area contributed by atoms with E-state index in [1.807, 2.05) is 36.4 Å². The number of hydrogen-bond acceptors (Lipinski definition) is 5. The first-order valence-corrected chi connectivity index (χ1v) is 10.8. The second kappa shape index (κ2) is 9.82. The highest BCUT2D eigenvalue weighted by Crippen LogP contribution is 2.46. The molecule has 164 valence electrons. The van der Waals surface area contributed by atoms with Crippen molar-refractivity contribution < 1.29 is 14.6 Å². The SMILES string of the molecule is CC(COc1ccc2c(c1)-c1cc(OCC(C)CN(C)C)ccc1C2O)CN(C)C. The minimum atomic E-state index is -0.599. The van der Waals surface area contributed by atoms with Crippen LogP contribution in [0.1, 0.15) is 31.1 Å². The number of benzene rings is 2. The van der Waals surface area contributed by atoms with Gasteiger partial charge in [0.1, 0.15) is 17.6 Å². The summed E-state index contributed by atoms with van der Waals surface area (Å²) in [6, 6.07) is 12.0. The molecule has 1 N–H and O–H groups in total. The predicted octanol–water partition coefficient (Wildman–Crippen LogP) is 3.90. The average molecular weight is 413 g/mol. The smallest absolute Gasteiger partial charge is 0.119 e. The summed E-state index contributed by atoms with van der Waals surface area (Å²) in [6.45, 7) is 7.68. The van der Waals surface area contributed by atoms with Crippen LogP contribution < -0.4 is 9.47 Å². The third-order valence-corrected chi connectivity index (χ3v) is 5.35. The summed E-state index contributed by atoms with van der Waals surface area (Å²) in [7, 11) is 8.30. The molecule has 2 atom stereocenters. The van der Waals surface area contributed by atoms with Gasteiger partial charge in [0.05, 0.1) is 13.2 Å². The van der Waals surface area contributed by atoms with Crippen LogP contribution in [-0.4, -0.2) is 69.4 Å². The summed E-state index contributed by atoms with van der Waals surface area (Å²) in [4.78, 5) is 4.34. The summed E-state index contributed by atoms with van der Waals surface area (Å²) >= 11 is 0. The molecule has 1 aliphatic carbocycles. The fraction of sp³-hybridized carbons (Fsp3) is 0.520. The van der Waals surface area contributed by atoms with Crippen molar-refractivity contribution in [1.29, 1.82) is 0 Å². The fourth-order valence-corrected chi connectivity index (χ4v) is 4.19. The van der Waals surface area contributed by atoms with E-state index in [9.17, 15) is 5.11 Å². The van der Waals surface area contributed by atoms with Crippen LogP contribution in [0.5, 0.6) is 11.5 Å². The Kier molecular flexibility index (Phi) is 7.40. The predicted molar refractivity (Wildman–Crippen MR) is 122 cm³/mol. The number of aliphatic hydroxyl groups is 1. The van der Waals surface area contributed by atoms with Gasteiger partial charge < -0.3 is 24.4 Å². The van der Waals surface area contributed by atoms with Gasteiger partial charge in [0.25, 0.3) is 0 Å². The molecule has 0 radical (unpaired) electrons. The van der Waals surface area contributed by atoms with Crippen molar-refractivity contribution in [2.24, 2.45) is 11.8 Å². The molecule has 2 aromatic rings. The molecule has 0 aromatic heterocycles. The van der Waals surface area contributed by atoms with Crippen molar-refractivity contribution in [3.05, 3.63) is 47.5 Å². The van der Waals surface area contributed by atoms with Crippen LogP contribution in [0.15, 0.2) is 36.4 Å². The monoisotopic (exact) mass is 412 g/mol. The van der Waals surface area contributed by atoms with E-state index in [1.54, 1.807) is 0 Å². The third-order valence-electron chi connectivity index (χ3n) is 5.35. The minimum Gasteiger partial charge on any atom is -0.493 e. The van der Waals surface area contributed by atoms with Crippen molar-refractivity contribution in [2.75, 3.05) is 54.5 Å². The zero-order chi connectivity index (χ0) is 21.8. The Morgan fingerprint density at radius 2 is 1.17 bits per heavy atom. The third kappa shape index (κ3) is 5.54. The van der Waals surface area contributed by atoms with Crippen molar-refractivity contribution in [1.82, 2.24) is 9.80 Å². The van der Waals surface area contributed by atoms with E-state index < -0.39 is 6.10 Å². The molecule has 0 saturated heterocycles. The largest absolute Gasteiger partial charge is 0.493 e. The molecule has 0 heterocycles. The van der Waals surface area contributed by atoms with Gasteiger partial charge >= 0.3 is 0 Å². The van der Waals surface area contributed by atoms with Gasteiger partial charge in [-0.05, 0) is 74.7 Å². The fourth-order valence-electron chi connectivity index (χ4n) is 4.19. The molecule has 3 rings (SSSR count). The van der Waals surface area contributed by atoms with Crippen molar-refractivity contribution in [2.45, 2.75) is 20.0 Å². The van der Waals surface area contributed by atoms with Crippen molar-refractivity contribution in [3.63, 3.8) is 0 Å². The number of ether oxygens (including phenoxy) is 2. The topological polar surface area (TPSA) is 45.2 Å². The highest BCUT2D eigenvalue weighted by atomic mass is 16.5. The molecule has 0 saturated carbocycles. The van der Waals surface area contributed by atoms with E-state index in [2.05, 4.69) is 51.8 Å². The molecule has 30 heavy (non-hydrogen) atoms. The van der Waals surface area contributed by atoms with Gasteiger partial charge in [-0.15, -0.1) is 0 Å². The Balaban J connectivity index is 1.74. The quantitative estimate of drug-likeness (QED) is 0.641. The van der Waals surface area contributed by atoms with Gasteiger partial charge in [0.2, 0.25) is 0 Å². The highest BCUT2D eigenvalue weighted by Gasteiger charge is 2.28. The molecule has 0 bridgehead atoms. The summed E-state index contributed by atoms with van der Waals surface area (Å²) < 4.78 is 12.1. The lowest BCUT2D eigenvalue weighted by Gasteiger charge is -2.18. The second-order valence-electron chi connectivity index (χ2n) is 9.26. The van der Waals surface area contributed by atoms with E-state index in [4.69, 9.17) is 9.47 Å². The van der Waals surface area contributed by atoms with Gasteiger partial charge in [0.15, 0.2) is 0 Å². The first kappa shape index (κ1) is 22.6. The van der Waals surface area contributed by atoms with E-state index in [0.29, 0.717) is 25.0 Å². The summed E-state index contributed by atoms with van der Waals surface area (Å²) in [5.74, 6) is 2.56. The number of fused-ring (bicyclic) bond motifs is 3. The Bertz CT molecular complexity index is 781.